The predicted octanol–water partition coefficient (Wildman–Crippen LogP) is 1.91. The van der Waals surface area contributed by atoms with Crippen LogP contribution in [0.5, 0.6) is 0 Å². The molecule has 0 fully saturated rings. The number of pyridine rings is 1. The number of nitrogens with zero attached hydrogens (tertiary/aromatic N) is 3. The van der Waals surface area contributed by atoms with E-state index in [0.717, 1.165) is 30.0 Å². The molecule has 0 bridgehead atoms. The number of hydrogen-bond acceptors (Lipinski definition) is 3. The van der Waals surface area contributed by atoms with Crippen molar-refractivity contribution in [1.82, 2.24) is 14.5 Å². The molecule has 0 radical (unpaired) electrons. The van der Waals surface area contributed by atoms with Crippen LogP contribution in [0.4, 0.5) is 0 Å². The van der Waals surface area contributed by atoms with Crippen LogP contribution in [0.15, 0.2) is 24.5 Å². The zero-order valence-electron chi connectivity index (χ0n) is 9.17. The Morgan fingerprint density at radius 3 is 3.12 bits per heavy atom. The largest absolute Gasteiger partial charge is 0.393 e. The Morgan fingerprint density at radius 2 is 2.35 bits per heavy atom. The van der Waals surface area contributed by atoms with E-state index >= 15 is 0 Å². The number of aliphatic hydroxyl groups excluding tert-OH is 1. The molecule has 1 N–H and O–H groups in total. The topological polar surface area (TPSA) is 50.9 Å². The minimum absolute atomic E-state index is 0.307. The lowest BCUT2D eigenvalue weighted by molar-refractivity contribution is 0.144. The van der Waals surface area contributed by atoms with Gasteiger partial charge in [-0.3, -0.25) is 4.98 Å². The van der Waals surface area contributed by atoms with Crippen LogP contribution in [0.2, 0.25) is 5.15 Å². The maximum Gasteiger partial charge on any atom is 0.151 e. The average molecular weight is 250 g/mol. The van der Waals surface area contributed by atoms with Crippen molar-refractivity contribution in [2.24, 2.45) is 0 Å². The van der Waals surface area contributed by atoms with Crippen LogP contribution >= 0.6 is 11.6 Å². The Hall–Kier alpha value is -1.39. The Labute approximate surface area is 104 Å². The Bertz CT molecular complexity index is 538. The lowest BCUT2D eigenvalue weighted by Crippen LogP contribution is -2.23. The molecule has 1 aliphatic rings. The summed E-state index contributed by atoms with van der Waals surface area (Å²) in [6, 6.07) is 3.84. The van der Waals surface area contributed by atoms with Gasteiger partial charge in [0.25, 0.3) is 0 Å². The lowest BCUT2D eigenvalue weighted by Gasteiger charge is -2.21. The highest BCUT2D eigenvalue weighted by Crippen LogP contribution is 2.29. The standard InChI is InChI=1S/C12H12ClN3O/c13-11-10-6-9(17)3-5-16(10)12(15-11)8-2-1-4-14-7-8/h1-2,4,7,9,17H,3,5-6H2. The second kappa shape index (κ2) is 4.13. The minimum Gasteiger partial charge on any atom is -0.393 e. The van der Waals surface area contributed by atoms with E-state index in [4.69, 9.17) is 11.6 Å². The van der Waals surface area contributed by atoms with Crippen LogP contribution in [0, 0.1) is 0 Å². The first kappa shape index (κ1) is 10.7. The first-order valence-corrected chi connectivity index (χ1v) is 5.97. The fraction of sp³-hybridized carbons (Fsp3) is 0.333. The van der Waals surface area contributed by atoms with E-state index in [2.05, 4.69) is 14.5 Å². The molecule has 0 saturated heterocycles. The van der Waals surface area contributed by atoms with Gasteiger partial charge in [0.05, 0.1) is 11.8 Å². The van der Waals surface area contributed by atoms with Gasteiger partial charge >= 0.3 is 0 Å². The number of halogens is 1. The average Bonchev–Trinajstić information content (AvgIpc) is 2.68. The summed E-state index contributed by atoms with van der Waals surface area (Å²) in [5.41, 5.74) is 1.88. The molecule has 0 aromatic carbocycles. The summed E-state index contributed by atoms with van der Waals surface area (Å²) in [5.74, 6) is 0.838. The quantitative estimate of drug-likeness (QED) is 0.840. The molecule has 88 valence electrons. The summed E-state index contributed by atoms with van der Waals surface area (Å²) in [6.45, 7) is 0.750. The summed E-state index contributed by atoms with van der Waals surface area (Å²) < 4.78 is 2.08. The van der Waals surface area contributed by atoms with E-state index in [1.165, 1.54) is 0 Å². The van der Waals surface area contributed by atoms with Gasteiger partial charge in [0.1, 0.15) is 5.82 Å². The molecule has 0 saturated carbocycles. The summed E-state index contributed by atoms with van der Waals surface area (Å²) in [5, 5.41) is 10.1. The van der Waals surface area contributed by atoms with E-state index < -0.39 is 0 Å². The number of rotatable bonds is 1. The zero-order valence-corrected chi connectivity index (χ0v) is 9.93. The summed E-state index contributed by atoms with van der Waals surface area (Å²) in [6.07, 6.45) is 4.52. The number of aromatic nitrogens is 3. The van der Waals surface area contributed by atoms with Crippen molar-refractivity contribution in [1.29, 1.82) is 0 Å². The molecule has 0 amide bonds. The highest BCUT2D eigenvalue weighted by atomic mass is 35.5. The van der Waals surface area contributed by atoms with Crippen molar-refractivity contribution in [2.75, 3.05) is 0 Å². The molecule has 1 unspecified atom stereocenters. The van der Waals surface area contributed by atoms with Crippen molar-refractivity contribution in [3.8, 4) is 11.4 Å². The smallest absolute Gasteiger partial charge is 0.151 e. The van der Waals surface area contributed by atoms with E-state index in [0.29, 0.717) is 11.6 Å². The molecule has 3 heterocycles. The van der Waals surface area contributed by atoms with Gasteiger partial charge in [0.15, 0.2) is 5.15 Å². The van der Waals surface area contributed by atoms with Gasteiger partial charge in [0, 0.05) is 30.9 Å². The van der Waals surface area contributed by atoms with Gasteiger partial charge < -0.3 is 9.67 Å². The fourth-order valence-corrected chi connectivity index (χ4v) is 2.47. The number of aliphatic hydroxyl groups is 1. The first-order valence-electron chi connectivity index (χ1n) is 5.59. The molecule has 1 aliphatic heterocycles. The van der Waals surface area contributed by atoms with Crippen molar-refractivity contribution < 1.29 is 5.11 Å². The molecule has 5 heteroatoms. The monoisotopic (exact) mass is 249 g/mol. The molecule has 3 rings (SSSR count). The fourth-order valence-electron chi connectivity index (χ4n) is 2.21. The van der Waals surface area contributed by atoms with Crippen LogP contribution in [0.1, 0.15) is 12.1 Å². The highest BCUT2D eigenvalue weighted by Gasteiger charge is 2.24. The van der Waals surface area contributed by atoms with Crippen LogP contribution in [0.3, 0.4) is 0 Å². The second-order valence-electron chi connectivity index (χ2n) is 4.21. The van der Waals surface area contributed by atoms with Crippen molar-refractivity contribution in [3.05, 3.63) is 35.4 Å². The molecular weight excluding hydrogens is 238 g/mol. The number of hydrogen-bond donors (Lipinski definition) is 1. The third-order valence-corrected chi connectivity index (χ3v) is 3.36. The number of imidazole rings is 1. The SMILES string of the molecule is OC1CCn2c(-c3cccnc3)nc(Cl)c2C1. The van der Waals surface area contributed by atoms with Gasteiger partial charge in [-0.25, -0.2) is 4.98 Å². The molecule has 1 atom stereocenters. The molecule has 17 heavy (non-hydrogen) atoms. The maximum atomic E-state index is 9.65. The van der Waals surface area contributed by atoms with Crippen LogP contribution in [-0.4, -0.2) is 25.7 Å². The third kappa shape index (κ3) is 1.83. The minimum atomic E-state index is -0.307. The van der Waals surface area contributed by atoms with Crippen LogP contribution < -0.4 is 0 Å². The summed E-state index contributed by atoms with van der Waals surface area (Å²) >= 11 is 6.11. The van der Waals surface area contributed by atoms with E-state index in [1.807, 2.05) is 12.1 Å². The predicted molar refractivity (Wildman–Crippen MR) is 64.8 cm³/mol. The normalized spacial score (nSPS) is 19.1. The molecule has 2 aromatic heterocycles. The molecular formula is C12H12ClN3O. The van der Waals surface area contributed by atoms with Gasteiger partial charge in [-0.15, -0.1) is 0 Å². The Morgan fingerprint density at radius 1 is 1.47 bits per heavy atom. The first-order chi connectivity index (χ1) is 8.25. The molecule has 0 aliphatic carbocycles. The van der Waals surface area contributed by atoms with Gasteiger partial charge in [0.2, 0.25) is 0 Å². The Kier molecular flexibility index (Phi) is 2.61. The molecule has 4 nitrogen and oxygen atoms in total. The zero-order chi connectivity index (χ0) is 11.8. The second-order valence-corrected chi connectivity index (χ2v) is 4.57. The Balaban J connectivity index is 2.11. The van der Waals surface area contributed by atoms with Crippen LogP contribution in [0.25, 0.3) is 11.4 Å². The highest BCUT2D eigenvalue weighted by molar-refractivity contribution is 6.30. The molecule has 2 aromatic rings. The van der Waals surface area contributed by atoms with Gasteiger partial charge in [-0.1, -0.05) is 11.6 Å². The van der Waals surface area contributed by atoms with Crippen molar-refractivity contribution in [3.63, 3.8) is 0 Å². The van der Waals surface area contributed by atoms with E-state index in [1.54, 1.807) is 12.4 Å². The van der Waals surface area contributed by atoms with Crippen LogP contribution in [-0.2, 0) is 13.0 Å². The van der Waals surface area contributed by atoms with Gasteiger partial charge in [-0.2, -0.15) is 0 Å². The summed E-state index contributed by atoms with van der Waals surface area (Å²) in [4.78, 5) is 8.46. The van der Waals surface area contributed by atoms with E-state index in [9.17, 15) is 5.11 Å². The van der Waals surface area contributed by atoms with E-state index in [-0.39, 0.29) is 6.10 Å². The van der Waals surface area contributed by atoms with Crippen molar-refractivity contribution in [2.45, 2.75) is 25.5 Å². The van der Waals surface area contributed by atoms with Crippen molar-refractivity contribution >= 4 is 11.6 Å². The summed E-state index contributed by atoms with van der Waals surface area (Å²) in [7, 11) is 0. The molecule has 0 spiro atoms. The maximum absolute atomic E-state index is 9.65. The lowest BCUT2D eigenvalue weighted by atomic mass is 10.1. The number of fused-ring (bicyclic) bond motifs is 1. The third-order valence-electron chi connectivity index (χ3n) is 3.06. The van der Waals surface area contributed by atoms with Gasteiger partial charge in [-0.05, 0) is 18.6 Å².